The molecule has 20 heavy (non-hydrogen) atoms. The van der Waals surface area contributed by atoms with Gasteiger partial charge in [0.15, 0.2) is 0 Å². The van der Waals surface area contributed by atoms with Crippen molar-refractivity contribution < 1.29 is 14.2 Å². The summed E-state index contributed by atoms with van der Waals surface area (Å²) in [6.07, 6.45) is 14.0. The molecule has 0 spiro atoms. The molecule has 119 valence electrons. The Hall–Kier alpha value is 0.0969. The van der Waals surface area contributed by atoms with Gasteiger partial charge in [-0.1, -0.05) is 63.8 Å². The fraction of sp³-hybridized carbons (Fsp3) is 1.00. The van der Waals surface area contributed by atoms with Crippen molar-refractivity contribution in [2.75, 3.05) is 21.3 Å². The van der Waals surface area contributed by atoms with Crippen molar-refractivity contribution in [1.82, 2.24) is 0 Å². The van der Waals surface area contributed by atoms with Gasteiger partial charge in [0.1, 0.15) is 0 Å². The molecule has 0 rings (SSSR count). The molecule has 0 aliphatic carbocycles. The van der Waals surface area contributed by atoms with E-state index < -0.39 is 5.97 Å². The third-order valence-electron chi connectivity index (χ3n) is 3.84. The van der Waals surface area contributed by atoms with Crippen molar-refractivity contribution in [3.63, 3.8) is 0 Å². The van der Waals surface area contributed by atoms with Crippen molar-refractivity contribution in [1.29, 1.82) is 0 Å². The van der Waals surface area contributed by atoms with Gasteiger partial charge in [0, 0.05) is 38.0 Å². The zero-order valence-corrected chi connectivity index (χ0v) is 14.7. The Balaban J connectivity index is 3.32. The largest absolute Gasteiger partial charge is 0.331 e. The number of hydrogen-bond donors (Lipinski definition) is 0. The third kappa shape index (κ3) is 9.92. The molecular weight excluding hydrogens is 268 g/mol. The van der Waals surface area contributed by atoms with E-state index in [1.165, 1.54) is 57.8 Å². The van der Waals surface area contributed by atoms with E-state index in [4.69, 9.17) is 14.2 Å². The van der Waals surface area contributed by atoms with Crippen LogP contribution in [0.1, 0.15) is 70.6 Å². The van der Waals surface area contributed by atoms with Crippen molar-refractivity contribution in [3.8, 4) is 0 Å². The van der Waals surface area contributed by atoms with Crippen LogP contribution in [0.3, 0.4) is 0 Å². The van der Waals surface area contributed by atoms with E-state index in [1.54, 1.807) is 21.3 Å². The predicted octanol–water partition coefficient (Wildman–Crippen LogP) is 4.46. The zero-order chi connectivity index (χ0) is 15.1. The van der Waals surface area contributed by atoms with Crippen LogP contribution in [0.2, 0.25) is 6.04 Å². The van der Waals surface area contributed by atoms with Crippen LogP contribution in [0.5, 0.6) is 0 Å². The quantitative estimate of drug-likeness (QED) is 0.254. The topological polar surface area (TPSA) is 27.7 Å². The van der Waals surface area contributed by atoms with E-state index in [2.05, 4.69) is 10.2 Å². The molecule has 0 unspecified atom stereocenters. The van der Waals surface area contributed by atoms with Gasteiger partial charge in [-0.25, -0.2) is 0 Å². The highest BCUT2D eigenvalue weighted by atomic mass is 28.1. The first-order valence-electron chi connectivity index (χ1n) is 8.04. The Morgan fingerprint density at radius 2 is 0.950 bits per heavy atom. The third-order valence-corrected chi connectivity index (χ3v) is 4.20. The molecule has 0 bridgehead atoms. The summed E-state index contributed by atoms with van der Waals surface area (Å²) in [5, 5.41) is 0. The van der Waals surface area contributed by atoms with Gasteiger partial charge in [-0.05, 0) is 6.42 Å². The van der Waals surface area contributed by atoms with E-state index >= 15 is 0 Å². The highest BCUT2D eigenvalue weighted by molar-refractivity contribution is 6.08. The van der Waals surface area contributed by atoms with Gasteiger partial charge in [0.05, 0.1) is 0 Å². The lowest BCUT2D eigenvalue weighted by molar-refractivity contribution is -0.355. The van der Waals surface area contributed by atoms with Crippen molar-refractivity contribution in [2.24, 2.45) is 0 Å². The molecule has 0 saturated carbocycles. The summed E-state index contributed by atoms with van der Waals surface area (Å²) in [6.45, 7) is 0. The molecule has 0 fully saturated rings. The van der Waals surface area contributed by atoms with E-state index in [9.17, 15) is 0 Å². The first kappa shape index (κ1) is 20.1. The van der Waals surface area contributed by atoms with E-state index in [1.807, 2.05) is 0 Å². The molecule has 0 atom stereocenters. The van der Waals surface area contributed by atoms with Gasteiger partial charge < -0.3 is 14.2 Å². The van der Waals surface area contributed by atoms with Gasteiger partial charge in [-0.3, -0.25) is 0 Å². The maximum atomic E-state index is 5.28. The minimum atomic E-state index is -0.838. The number of ether oxygens (including phenoxy) is 3. The molecular formula is C16H33O3Si. The first-order chi connectivity index (χ1) is 9.74. The van der Waals surface area contributed by atoms with Gasteiger partial charge in [0.2, 0.25) is 0 Å². The Labute approximate surface area is 129 Å². The summed E-state index contributed by atoms with van der Waals surface area (Å²) >= 11 is 0. The molecule has 0 aliphatic rings. The summed E-state index contributed by atoms with van der Waals surface area (Å²) in [7, 11) is 8.40. The second-order valence-corrected chi connectivity index (χ2v) is 5.83. The number of methoxy groups -OCH3 is 3. The molecule has 0 aromatic rings. The maximum absolute atomic E-state index is 5.28. The van der Waals surface area contributed by atoms with E-state index in [0.717, 1.165) is 18.9 Å². The standard InChI is InChI=1S/C16H33O3Si/c1-17-16(18-2,19-3)14-12-10-8-6-4-5-7-9-11-13-15-20/h4-15H2,1-3H3. The average molecular weight is 302 g/mol. The molecule has 0 aliphatic heterocycles. The summed E-state index contributed by atoms with van der Waals surface area (Å²) in [5.41, 5.74) is 0. The van der Waals surface area contributed by atoms with Crippen LogP contribution in [0.25, 0.3) is 0 Å². The number of unbranched alkanes of at least 4 members (excludes halogenated alkanes) is 9. The Morgan fingerprint density at radius 3 is 1.30 bits per heavy atom. The molecule has 0 aromatic heterocycles. The fourth-order valence-corrected chi connectivity index (χ4v) is 2.69. The molecule has 3 nitrogen and oxygen atoms in total. The Morgan fingerprint density at radius 1 is 0.600 bits per heavy atom. The molecule has 0 aromatic carbocycles. The fourth-order valence-electron chi connectivity index (χ4n) is 2.44. The van der Waals surface area contributed by atoms with Gasteiger partial charge in [0.25, 0.3) is 5.97 Å². The lowest BCUT2D eigenvalue weighted by Gasteiger charge is -2.28. The summed E-state index contributed by atoms with van der Waals surface area (Å²) in [4.78, 5) is 0. The molecule has 0 saturated heterocycles. The predicted molar refractivity (Wildman–Crippen MR) is 85.1 cm³/mol. The second-order valence-electron chi connectivity index (χ2n) is 5.33. The molecule has 0 amide bonds. The van der Waals surface area contributed by atoms with Gasteiger partial charge in [-0.2, -0.15) is 0 Å². The minimum Gasteiger partial charge on any atom is -0.331 e. The van der Waals surface area contributed by atoms with Crippen molar-refractivity contribution in [2.45, 2.75) is 82.6 Å². The van der Waals surface area contributed by atoms with Crippen LogP contribution in [-0.4, -0.2) is 37.5 Å². The molecule has 0 N–H and O–H groups in total. The van der Waals surface area contributed by atoms with E-state index in [0.29, 0.717) is 0 Å². The van der Waals surface area contributed by atoms with Crippen molar-refractivity contribution >= 4 is 10.2 Å². The summed E-state index contributed by atoms with van der Waals surface area (Å²) in [6, 6.07) is 1.14. The SMILES string of the molecule is COC(CCCCCCCCCCCC[Si])(OC)OC. The second kappa shape index (κ2) is 14.1. The van der Waals surface area contributed by atoms with Gasteiger partial charge in [-0.15, -0.1) is 0 Å². The molecule has 0 heterocycles. The monoisotopic (exact) mass is 301 g/mol. The normalized spacial score (nSPS) is 12.0. The molecule has 3 radical (unpaired) electrons. The van der Waals surface area contributed by atoms with Crippen LogP contribution < -0.4 is 0 Å². The molecule has 4 heteroatoms. The smallest absolute Gasteiger partial charge is 0.282 e. The first-order valence-corrected chi connectivity index (χ1v) is 8.75. The van der Waals surface area contributed by atoms with Crippen LogP contribution >= 0.6 is 0 Å². The number of hydrogen-bond acceptors (Lipinski definition) is 3. The minimum absolute atomic E-state index is 0.795. The van der Waals surface area contributed by atoms with E-state index in [-0.39, 0.29) is 0 Å². The van der Waals surface area contributed by atoms with Crippen LogP contribution in [-0.2, 0) is 14.2 Å². The number of rotatable bonds is 15. The van der Waals surface area contributed by atoms with Crippen molar-refractivity contribution in [3.05, 3.63) is 0 Å². The highest BCUT2D eigenvalue weighted by Gasteiger charge is 2.28. The maximum Gasteiger partial charge on any atom is 0.282 e. The highest BCUT2D eigenvalue weighted by Crippen LogP contribution is 2.21. The van der Waals surface area contributed by atoms with Crippen LogP contribution in [0, 0.1) is 0 Å². The average Bonchev–Trinajstić information content (AvgIpc) is 2.49. The summed E-state index contributed by atoms with van der Waals surface area (Å²) in [5.74, 6) is -0.838. The Bertz CT molecular complexity index is 188. The van der Waals surface area contributed by atoms with Crippen LogP contribution in [0.15, 0.2) is 0 Å². The summed E-state index contributed by atoms with van der Waals surface area (Å²) < 4.78 is 15.8. The Kier molecular flexibility index (Phi) is 14.1. The van der Waals surface area contributed by atoms with Gasteiger partial charge >= 0.3 is 0 Å². The lowest BCUT2D eigenvalue weighted by atomic mass is 10.1. The van der Waals surface area contributed by atoms with Crippen LogP contribution in [0.4, 0.5) is 0 Å². The zero-order valence-electron chi connectivity index (χ0n) is 13.7. The lowest BCUT2D eigenvalue weighted by Crippen LogP contribution is -2.35.